The molecule has 1 unspecified atom stereocenters. The maximum atomic E-state index is 13.0. The summed E-state index contributed by atoms with van der Waals surface area (Å²) in [4.78, 5) is 30.1. The highest BCUT2D eigenvalue weighted by atomic mass is 16.4. The van der Waals surface area contributed by atoms with Gasteiger partial charge in [-0.25, -0.2) is 9.78 Å². The summed E-state index contributed by atoms with van der Waals surface area (Å²) < 4.78 is 5.87. The van der Waals surface area contributed by atoms with Gasteiger partial charge in [0.15, 0.2) is 0 Å². The number of aromatic carboxylic acids is 1. The molecule has 2 aromatic heterocycles. The SMILES string of the molecule is CCc1ccc(C2CCCCN2C(=O)c2ccc(C(=O)O)c(C)n2)o1. The summed E-state index contributed by atoms with van der Waals surface area (Å²) in [6, 6.07) is 6.74. The molecule has 1 saturated heterocycles. The molecule has 25 heavy (non-hydrogen) atoms. The second kappa shape index (κ2) is 7.09. The van der Waals surface area contributed by atoms with E-state index in [9.17, 15) is 9.59 Å². The maximum Gasteiger partial charge on any atom is 0.337 e. The Kier molecular flexibility index (Phi) is 4.88. The molecule has 0 saturated carbocycles. The molecule has 1 amide bonds. The normalized spacial score (nSPS) is 17.5. The Labute approximate surface area is 146 Å². The van der Waals surface area contributed by atoms with Crippen LogP contribution in [0.2, 0.25) is 0 Å². The molecule has 1 fully saturated rings. The van der Waals surface area contributed by atoms with E-state index in [4.69, 9.17) is 9.52 Å². The molecule has 0 bridgehead atoms. The fraction of sp³-hybridized carbons (Fsp3) is 0.421. The lowest BCUT2D eigenvalue weighted by atomic mass is 9.99. The molecule has 6 heteroatoms. The predicted octanol–water partition coefficient (Wildman–Crippen LogP) is 3.61. The Balaban J connectivity index is 1.88. The molecule has 1 aliphatic heterocycles. The van der Waals surface area contributed by atoms with Gasteiger partial charge in [-0.15, -0.1) is 0 Å². The van der Waals surface area contributed by atoms with Crippen molar-refractivity contribution in [3.05, 3.63) is 52.7 Å². The summed E-state index contributed by atoms with van der Waals surface area (Å²) in [6.07, 6.45) is 3.66. The van der Waals surface area contributed by atoms with E-state index in [1.807, 2.05) is 19.1 Å². The number of hydrogen-bond donors (Lipinski definition) is 1. The third-order valence-corrected chi connectivity index (χ3v) is 4.66. The van der Waals surface area contributed by atoms with Gasteiger partial charge in [0.2, 0.25) is 0 Å². The number of likely N-dealkylation sites (tertiary alicyclic amines) is 1. The van der Waals surface area contributed by atoms with Gasteiger partial charge >= 0.3 is 5.97 Å². The van der Waals surface area contributed by atoms with Gasteiger partial charge in [0, 0.05) is 13.0 Å². The summed E-state index contributed by atoms with van der Waals surface area (Å²) in [5, 5.41) is 9.11. The average molecular weight is 342 g/mol. The largest absolute Gasteiger partial charge is 0.478 e. The molecular weight excluding hydrogens is 320 g/mol. The van der Waals surface area contributed by atoms with Crippen LogP contribution in [-0.2, 0) is 6.42 Å². The fourth-order valence-corrected chi connectivity index (χ4v) is 3.29. The molecule has 0 radical (unpaired) electrons. The molecule has 3 rings (SSSR count). The number of carboxylic acid groups (broad SMARTS) is 1. The van der Waals surface area contributed by atoms with Crippen molar-refractivity contribution in [3.63, 3.8) is 0 Å². The maximum absolute atomic E-state index is 13.0. The van der Waals surface area contributed by atoms with Crippen LogP contribution in [0.25, 0.3) is 0 Å². The summed E-state index contributed by atoms with van der Waals surface area (Å²) in [5.74, 6) is 0.498. The first-order valence-electron chi connectivity index (χ1n) is 8.61. The smallest absolute Gasteiger partial charge is 0.337 e. The van der Waals surface area contributed by atoms with Gasteiger partial charge in [-0.3, -0.25) is 4.79 Å². The van der Waals surface area contributed by atoms with Gasteiger partial charge in [-0.05, 0) is 50.5 Å². The summed E-state index contributed by atoms with van der Waals surface area (Å²) in [6.45, 7) is 4.28. The van der Waals surface area contributed by atoms with Gasteiger partial charge in [-0.2, -0.15) is 0 Å². The molecule has 0 spiro atoms. The first kappa shape index (κ1) is 17.2. The highest BCUT2D eigenvalue weighted by Gasteiger charge is 2.31. The van der Waals surface area contributed by atoms with Gasteiger partial charge in [0.1, 0.15) is 17.2 Å². The molecule has 0 aromatic carbocycles. The highest BCUT2D eigenvalue weighted by molar-refractivity contribution is 5.94. The lowest BCUT2D eigenvalue weighted by Crippen LogP contribution is -2.38. The van der Waals surface area contributed by atoms with Crippen LogP contribution in [0.4, 0.5) is 0 Å². The van der Waals surface area contributed by atoms with Crippen LogP contribution in [0.5, 0.6) is 0 Å². The van der Waals surface area contributed by atoms with Crippen LogP contribution in [0, 0.1) is 6.92 Å². The van der Waals surface area contributed by atoms with Gasteiger partial charge in [-0.1, -0.05) is 6.92 Å². The second-order valence-corrected chi connectivity index (χ2v) is 6.30. The summed E-state index contributed by atoms with van der Waals surface area (Å²) in [7, 11) is 0. The molecule has 132 valence electrons. The Bertz CT molecular complexity index is 796. The fourth-order valence-electron chi connectivity index (χ4n) is 3.29. The molecule has 2 aromatic rings. The first-order chi connectivity index (χ1) is 12.0. The zero-order valence-corrected chi connectivity index (χ0v) is 14.5. The second-order valence-electron chi connectivity index (χ2n) is 6.30. The van der Waals surface area contributed by atoms with Crippen LogP contribution in [-0.4, -0.2) is 33.4 Å². The number of hydrogen-bond acceptors (Lipinski definition) is 4. The van der Waals surface area contributed by atoms with Crippen molar-refractivity contribution >= 4 is 11.9 Å². The zero-order valence-electron chi connectivity index (χ0n) is 14.5. The van der Waals surface area contributed by atoms with E-state index in [1.54, 1.807) is 11.8 Å². The Morgan fingerprint density at radius 2 is 2.08 bits per heavy atom. The van der Waals surface area contributed by atoms with Crippen molar-refractivity contribution in [1.29, 1.82) is 0 Å². The summed E-state index contributed by atoms with van der Waals surface area (Å²) >= 11 is 0. The number of aromatic nitrogens is 1. The van der Waals surface area contributed by atoms with Crippen molar-refractivity contribution in [2.75, 3.05) is 6.54 Å². The number of carbonyl (C=O) groups is 2. The number of rotatable bonds is 4. The zero-order chi connectivity index (χ0) is 18.0. The van der Waals surface area contributed by atoms with Crippen LogP contribution >= 0.6 is 0 Å². The average Bonchev–Trinajstić information content (AvgIpc) is 3.09. The monoisotopic (exact) mass is 342 g/mol. The van der Waals surface area contributed by atoms with Crippen molar-refractivity contribution in [2.45, 2.75) is 45.6 Å². The number of piperidine rings is 1. The van der Waals surface area contributed by atoms with Crippen molar-refractivity contribution in [3.8, 4) is 0 Å². The number of furan rings is 1. The quantitative estimate of drug-likeness (QED) is 0.917. The topological polar surface area (TPSA) is 83.6 Å². The number of carboxylic acids is 1. The van der Waals surface area contributed by atoms with Crippen LogP contribution < -0.4 is 0 Å². The van der Waals surface area contributed by atoms with E-state index in [2.05, 4.69) is 4.98 Å². The molecule has 0 aliphatic carbocycles. The minimum atomic E-state index is -1.04. The van der Waals surface area contributed by atoms with Crippen molar-refractivity contribution < 1.29 is 19.1 Å². The lowest BCUT2D eigenvalue weighted by molar-refractivity contribution is 0.0570. The molecule has 3 heterocycles. The van der Waals surface area contributed by atoms with Crippen LogP contribution in [0.1, 0.15) is 70.3 Å². The summed E-state index contributed by atoms with van der Waals surface area (Å²) in [5.41, 5.74) is 0.736. The molecule has 1 atom stereocenters. The number of amides is 1. The molecule has 6 nitrogen and oxygen atoms in total. The number of aryl methyl sites for hydroxylation is 2. The Hall–Kier alpha value is -2.63. The van der Waals surface area contributed by atoms with E-state index >= 15 is 0 Å². The lowest BCUT2D eigenvalue weighted by Gasteiger charge is -2.34. The van der Waals surface area contributed by atoms with Crippen molar-refractivity contribution in [1.82, 2.24) is 9.88 Å². The minimum absolute atomic E-state index is 0.0946. The van der Waals surface area contributed by atoms with E-state index in [0.717, 1.165) is 37.2 Å². The van der Waals surface area contributed by atoms with E-state index in [0.29, 0.717) is 12.2 Å². The number of pyridine rings is 1. The molecular formula is C19H22N2O4. The van der Waals surface area contributed by atoms with Gasteiger partial charge in [0.25, 0.3) is 5.91 Å². The minimum Gasteiger partial charge on any atom is -0.478 e. The molecule has 1 aliphatic rings. The first-order valence-corrected chi connectivity index (χ1v) is 8.61. The van der Waals surface area contributed by atoms with Crippen LogP contribution in [0.15, 0.2) is 28.7 Å². The number of carbonyl (C=O) groups excluding carboxylic acids is 1. The standard InChI is InChI=1S/C19H22N2O4/c1-3-13-7-10-17(25-13)16-6-4-5-11-21(16)18(22)15-9-8-14(19(23)24)12(2)20-15/h7-10,16H,3-6,11H2,1-2H3,(H,23,24). The predicted molar refractivity (Wildman–Crippen MR) is 91.6 cm³/mol. The Morgan fingerprint density at radius 1 is 1.28 bits per heavy atom. The third-order valence-electron chi connectivity index (χ3n) is 4.66. The van der Waals surface area contributed by atoms with E-state index in [-0.39, 0.29) is 23.2 Å². The number of nitrogens with zero attached hydrogens (tertiary/aromatic N) is 2. The molecule has 1 N–H and O–H groups in total. The van der Waals surface area contributed by atoms with Crippen molar-refractivity contribution in [2.24, 2.45) is 0 Å². The Morgan fingerprint density at radius 3 is 2.72 bits per heavy atom. The van der Waals surface area contributed by atoms with E-state index in [1.165, 1.54) is 12.1 Å². The van der Waals surface area contributed by atoms with Gasteiger partial charge < -0.3 is 14.4 Å². The van der Waals surface area contributed by atoms with Gasteiger partial charge in [0.05, 0.1) is 17.3 Å². The third kappa shape index (κ3) is 3.43. The van der Waals surface area contributed by atoms with E-state index < -0.39 is 5.97 Å². The highest BCUT2D eigenvalue weighted by Crippen LogP contribution is 2.33. The van der Waals surface area contributed by atoms with Crippen LogP contribution in [0.3, 0.4) is 0 Å².